The third kappa shape index (κ3) is 5.50. The fraction of sp³-hybridized carbons (Fsp3) is 0.211. The summed E-state index contributed by atoms with van der Waals surface area (Å²) >= 11 is -4.01. The molecule has 0 spiro atoms. The molecule has 154 valence electrons. The first-order valence-electron chi connectivity index (χ1n) is 8.27. The molecular weight excluding hydrogens is 495 g/mol. The number of nitro benzene ring substituents is 1. The molecule has 0 aliphatic heterocycles. The normalized spacial score (nSPS) is 10.4. The summed E-state index contributed by atoms with van der Waals surface area (Å²) < 4.78 is 38.2. The number of nitrogens with zero attached hydrogens (tertiary/aromatic N) is 2. The molecule has 0 saturated carbocycles. The van der Waals surface area contributed by atoms with Gasteiger partial charge in [-0.15, -0.1) is 0 Å². The van der Waals surface area contributed by atoms with Gasteiger partial charge in [0.25, 0.3) is 21.1 Å². The molecule has 0 aliphatic carbocycles. The fourth-order valence-electron chi connectivity index (χ4n) is 3.07. The number of aromatic nitrogens is 1. The Morgan fingerprint density at radius 2 is 1.69 bits per heavy atom. The van der Waals surface area contributed by atoms with Gasteiger partial charge in [-0.05, 0) is 23.6 Å². The number of hydrogen-bond donors (Lipinski definition) is 0. The number of methoxy groups -OCH3 is 2. The molecule has 0 bridgehead atoms. The van der Waals surface area contributed by atoms with Gasteiger partial charge in [0.05, 0.1) is 25.6 Å². The van der Waals surface area contributed by atoms with E-state index in [0.29, 0.717) is 17.7 Å². The van der Waals surface area contributed by atoms with Crippen LogP contribution in [0.3, 0.4) is 0 Å². The number of halogens is 1. The summed E-state index contributed by atoms with van der Waals surface area (Å²) in [5, 5.41) is 13.8. The lowest BCUT2D eigenvalue weighted by atomic mass is 10.0. The zero-order chi connectivity index (χ0) is 21.6. The largest absolute Gasteiger partial charge is 0.493 e. The number of benzene rings is 2. The number of ether oxygens (including phenoxy) is 2. The molecular formula is C19H19IN2O7. The van der Waals surface area contributed by atoms with E-state index < -0.39 is 26.0 Å². The minimum absolute atomic E-state index is 0.0604. The molecule has 10 heteroatoms. The van der Waals surface area contributed by atoms with Crippen molar-refractivity contribution in [1.82, 2.24) is 0 Å². The molecule has 29 heavy (non-hydrogen) atoms. The van der Waals surface area contributed by atoms with Crippen molar-refractivity contribution in [3.63, 3.8) is 0 Å². The summed E-state index contributed by atoms with van der Waals surface area (Å²) in [6.45, 7) is 0. The quantitative estimate of drug-likeness (QED) is 0.150. The number of rotatable bonds is 5. The number of pyridine rings is 1. The van der Waals surface area contributed by atoms with Crippen LogP contribution in [0.4, 0.5) is 5.69 Å². The fourth-order valence-corrected chi connectivity index (χ4v) is 3.07. The average molecular weight is 514 g/mol. The maximum atomic E-state index is 11.7. The molecule has 0 saturated heterocycles. The predicted octanol–water partition coefficient (Wildman–Crippen LogP) is -3.38. The maximum Gasteiger partial charge on any atom is 0.318 e. The highest BCUT2D eigenvalue weighted by Crippen LogP contribution is 2.40. The van der Waals surface area contributed by atoms with Crippen molar-refractivity contribution in [3.8, 4) is 11.5 Å². The van der Waals surface area contributed by atoms with E-state index in [1.165, 1.54) is 14.2 Å². The van der Waals surface area contributed by atoms with Crippen molar-refractivity contribution < 1.29 is 50.3 Å². The van der Waals surface area contributed by atoms with Gasteiger partial charge in [0.1, 0.15) is 7.05 Å². The van der Waals surface area contributed by atoms with Gasteiger partial charge in [-0.25, -0.2) is 4.57 Å². The summed E-state index contributed by atoms with van der Waals surface area (Å²) in [5.41, 5.74) is 1.51. The van der Waals surface area contributed by atoms with Gasteiger partial charge in [0.2, 0.25) is 5.75 Å². The van der Waals surface area contributed by atoms with Crippen LogP contribution in [-0.4, -0.2) is 19.1 Å². The lowest BCUT2D eigenvalue weighted by Gasteiger charge is -2.11. The van der Waals surface area contributed by atoms with Crippen LogP contribution in [0.25, 0.3) is 10.8 Å². The first-order valence-corrected chi connectivity index (χ1v) is 10.9. The van der Waals surface area contributed by atoms with E-state index in [2.05, 4.69) is 0 Å². The summed E-state index contributed by atoms with van der Waals surface area (Å²) in [6, 6.07) is 13.5. The van der Waals surface area contributed by atoms with Gasteiger partial charge in [0, 0.05) is 17.0 Å². The van der Waals surface area contributed by atoms with Crippen molar-refractivity contribution in [2.45, 2.75) is 6.42 Å². The smallest absolute Gasteiger partial charge is 0.318 e. The van der Waals surface area contributed by atoms with Gasteiger partial charge in [-0.3, -0.25) is 10.1 Å². The number of hydrogen-bond acceptors (Lipinski definition) is 7. The van der Waals surface area contributed by atoms with E-state index in [4.69, 9.17) is 19.8 Å². The van der Waals surface area contributed by atoms with E-state index in [1.54, 1.807) is 12.1 Å². The summed E-state index contributed by atoms with van der Waals surface area (Å²) in [7, 11) is 4.81. The summed E-state index contributed by atoms with van der Waals surface area (Å²) in [6.07, 6.45) is 2.37. The van der Waals surface area contributed by atoms with Gasteiger partial charge in [-0.2, -0.15) is 0 Å². The molecule has 0 N–H and O–H groups in total. The molecule has 3 aromatic rings. The van der Waals surface area contributed by atoms with Gasteiger partial charge < -0.3 is 19.8 Å². The Morgan fingerprint density at radius 1 is 1.03 bits per heavy atom. The topological polar surface area (TPSA) is 135 Å². The van der Waals surface area contributed by atoms with Crippen molar-refractivity contribution in [1.29, 1.82) is 0 Å². The average Bonchev–Trinajstić information content (AvgIpc) is 2.68. The Hall–Kier alpha value is -2.54. The van der Waals surface area contributed by atoms with E-state index in [0.717, 1.165) is 16.5 Å². The first kappa shape index (κ1) is 22.7. The first-order chi connectivity index (χ1) is 13.8. The molecule has 3 rings (SSSR count). The summed E-state index contributed by atoms with van der Waals surface area (Å²) in [5.74, 6) is 0.494. The second-order valence-electron chi connectivity index (χ2n) is 5.89. The summed E-state index contributed by atoms with van der Waals surface area (Å²) in [4.78, 5) is 11.3. The second kappa shape index (κ2) is 10.3. The zero-order valence-corrected chi connectivity index (χ0v) is 18.1. The van der Waals surface area contributed by atoms with Crippen LogP contribution >= 0.6 is 0 Å². The Bertz CT molecular complexity index is 1010. The standard InChI is InChI=1S/C19H19N2O4.IO3/c1-20-11-10-13-6-4-5-7-15(13)16(20)12-14-8-9-17(24-2)19(25-3)18(14)21(22)23;2-1(3)4/h4-11H,12H2,1-3H3;/q+1;-1. The second-order valence-corrected chi connectivity index (χ2v) is 6.97. The van der Waals surface area contributed by atoms with Crippen molar-refractivity contribution in [2.24, 2.45) is 7.05 Å². The van der Waals surface area contributed by atoms with E-state index in [1.807, 2.05) is 48.1 Å². The van der Waals surface area contributed by atoms with Crippen LogP contribution in [0.5, 0.6) is 11.5 Å². The number of aryl methyl sites for hydroxylation is 1. The van der Waals surface area contributed by atoms with Gasteiger partial charge >= 0.3 is 5.69 Å². The van der Waals surface area contributed by atoms with E-state index in [9.17, 15) is 10.1 Å². The highest BCUT2D eigenvalue weighted by molar-refractivity contribution is 5.83. The Labute approximate surface area is 175 Å². The molecule has 1 heterocycles. The molecule has 0 aliphatic rings. The Kier molecular flexibility index (Phi) is 8.08. The molecule has 9 nitrogen and oxygen atoms in total. The Morgan fingerprint density at radius 3 is 2.28 bits per heavy atom. The molecule has 1 aromatic heterocycles. The van der Waals surface area contributed by atoms with Crippen LogP contribution < -0.4 is 45.4 Å². The molecule has 0 amide bonds. The van der Waals surface area contributed by atoms with Crippen LogP contribution in [0.1, 0.15) is 11.3 Å². The van der Waals surface area contributed by atoms with Gasteiger partial charge in [-0.1, -0.05) is 18.2 Å². The maximum absolute atomic E-state index is 11.7. The van der Waals surface area contributed by atoms with Crippen LogP contribution in [0.15, 0.2) is 48.7 Å². The highest BCUT2D eigenvalue weighted by atomic mass is 127. The molecule has 0 fully saturated rings. The number of fused-ring (bicyclic) bond motifs is 1. The molecule has 0 atom stereocenters. The zero-order valence-electron chi connectivity index (χ0n) is 16.0. The number of nitro groups is 1. The minimum Gasteiger partial charge on any atom is -0.493 e. The molecule has 0 radical (unpaired) electrons. The lowest BCUT2D eigenvalue weighted by molar-refractivity contribution is -1.73. The minimum atomic E-state index is -4.01. The van der Waals surface area contributed by atoms with Crippen molar-refractivity contribution in [2.75, 3.05) is 14.2 Å². The molecule has 2 aromatic carbocycles. The molecule has 0 unspecified atom stereocenters. The van der Waals surface area contributed by atoms with Crippen LogP contribution in [0, 0.1) is 10.1 Å². The Balaban J connectivity index is 0.000000687. The monoisotopic (exact) mass is 514 g/mol. The van der Waals surface area contributed by atoms with Crippen LogP contribution in [0.2, 0.25) is 0 Å². The predicted molar refractivity (Wildman–Crippen MR) is 94.1 cm³/mol. The van der Waals surface area contributed by atoms with Crippen LogP contribution in [-0.2, 0) is 13.5 Å². The van der Waals surface area contributed by atoms with Crippen molar-refractivity contribution in [3.05, 3.63) is 70.0 Å². The van der Waals surface area contributed by atoms with E-state index in [-0.39, 0.29) is 11.4 Å². The SMILES string of the molecule is COc1ccc(Cc2c3ccccc3cc[n+]2C)c([N+](=O)[O-])c1OC.[O-][I+2]([O-])[O-]. The third-order valence-corrected chi connectivity index (χ3v) is 4.32. The third-order valence-electron chi connectivity index (χ3n) is 4.32. The van der Waals surface area contributed by atoms with E-state index >= 15 is 0 Å². The van der Waals surface area contributed by atoms with Gasteiger partial charge in [0.15, 0.2) is 17.6 Å². The van der Waals surface area contributed by atoms with Crippen molar-refractivity contribution >= 4 is 16.5 Å². The lowest BCUT2D eigenvalue weighted by Crippen LogP contribution is -4.05. The highest BCUT2D eigenvalue weighted by Gasteiger charge is 2.27.